The van der Waals surface area contributed by atoms with Gasteiger partial charge in [-0.25, -0.2) is 9.97 Å². The van der Waals surface area contributed by atoms with Crippen LogP contribution in [0.25, 0.3) is 0 Å². The fraction of sp³-hybridized carbons (Fsp3) is 0.389. The van der Waals surface area contributed by atoms with E-state index in [1.165, 1.54) is 11.8 Å². The van der Waals surface area contributed by atoms with Crippen molar-refractivity contribution in [2.45, 2.75) is 38.9 Å². The van der Waals surface area contributed by atoms with Crippen LogP contribution in [0.1, 0.15) is 35.5 Å². The van der Waals surface area contributed by atoms with Gasteiger partial charge in [-0.2, -0.15) is 0 Å². The van der Waals surface area contributed by atoms with Crippen molar-refractivity contribution in [3.05, 3.63) is 40.7 Å². The van der Waals surface area contributed by atoms with Gasteiger partial charge in [0.25, 0.3) is 0 Å². The zero-order valence-corrected chi connectivity index (χ0v) is 15.6. The molecule has 0 bridgehead atoms. The maximum absolute atomic E-state index is 12.2. The molecular weight excluding hydrogens is 338 g/mol. The standard InChI is InChI=1S/C18H21N3O3S/c1-10-11(2)20-18(21-12(10)3)25-8-17(22)19-13(4)14-5-6-15-16(7-14)24-9-23-15/h5-7,13H,8-9H2,1-4H3,(H,19,22). The van der Waals surface area contributed by atoms with Gasteiger partial charge in [-0.15, -0.1) is 0 Å². The van der Waals surface area contributed by atoms with Crippen molar-refractivity contribution in [1.82, 2.24) is 15.3 Å². The van der Waals surface area contributed by atoms with Crippen LogP contribution in [-0.4, -0.2) is 28.4 Å². The monoisotopic (exact) mass is 359 g/mol. The summed E-state index contributed by atoms with van der Waals surface area (Å²) < 4.78 is 10.7. The van der Waals surface area contributed by atoms with Crippen LogP contribution in [0.2, 0.25) is 0 Å². The lowest BCUT2D eigenvalue weighted by Gasteiger charge is -2.14. The average molecular weight is 359 g/mol. The maximum atomic E-state index is 12.2. The SMILES string of the molecule is Cc1nc(SCC(=O)NC(C)c2ccc3c(c2)OCO3)nc(C)c1C. The first-order chi connectivity index (χ1) is 11.9. The number of nitrogens with one attached hydrogen (secondary N) is 1. The van der Waals surface area contributed by atoms with E-state index in [-0.39, 0.29) is 24.5 Å². The number of aryl methyl sites for hydroxylation is 2. The molecule has 2 aromatic rings. The number of rotatable bonds is 5. The molecule has 0 aliphatic carbocycles. The molecule has 2 heterocycles. The van der Waals surface area contributed by atoms with E-state index < -0.39 is 0 Å². The number of thioether (sulfide) groups is 1. The van der Waals surface area contributed by atoms with Gasteiger partial charge in [-0.3, -0.25) is 4.79 Å². The molecule has 1 aromatic carbocycles. The lowest BCUT2D eigenvalue weighted by atomic mass is 10.1. The van der Waals surface area contributed by atoms with Crippen molar-refractivity contribution in [2.75, 3.05) is 12.5 Å². The second kappa shape index (κ2) is 7.31. The summed E-state index contributed by atoms with van der Waals surface area (Å²) in [5, 5.41) is 3.62. The minimum absolute atomic E-state index is 0.0605. The van der Waals surface area contributed by atoms with Crippen LogP contribution < -0.4 is 14.8 Å². The predicted molar refractivity (Wildman–Crippen MR) is 96.1 cm³/mol. The number of hydrogen-bond donors (Lipinski definition) is 1. The van der Waals surface area contributed by atoms with Gasteiger partial charge < -0.3 is 14.8 Å². The second-order valence-corrected chi connectivity index (χ2v) is 6.94. The minimum atomic E-state index is -0.120. The van der Waals surface area contributed by atoms with Gasteiger partial charge in [-0.05, 0) is 51.0 Å². The van der Waals surface area contributed by atoms with Crippen molar-refractivity contribution in [2.24, 2.45) is 0 Å². The van der Waals surface area contributed by atoms with Crippen LogP contribution in [-0.2, 0) is 4.79 Å². The molecule has 3 rings (SSSR count). The lowest BCUT2D eigenvalue weighted by molar-refractivity contribution is -0.119. The van der Waals surface area contributed by atoms with Gasteiger partial charge in [0.05, 0.1) is 11.8 Å². The molecule has 1 N–H and O–H groups in total. The van der Waals surface area contributed by atoms with Crippen LogP contribution in [0.15, 0.2) is 23.4 Å². The van der Waals surface area contributed by atoms with Crippen LogP contribution in [0.3, 0.4) is 0 Å². The van der Waals surface area contributed by atoms with Crippen molar-refractivity contribution >= 4 is 17.7 Å². The molecule has 0 saturated heterocycles. The first-order valence-electron chi connectivity index (χ1n) is 8.07. The number of benzene rings is 1. The molecule has 7 heteroatoms. The largest absolute Gasteiger partial charge is 0.454 e. The van der Waals surface area contributed by atoms with Gasteiger partial charge in [0.1, 0.15) is 0 Å². The third kappa shape index (κ3) is 4.04. The quantitative estimate of drug-likeness (QED) is 0.653. The van der Waals surface area contributed by atoms with Gasteiger partial charge in [0.2, 0.25) is 12.7 Å². The Morgan fingerprint density at radius 2 is 1.88 bits per heavy atom. The Morgan fingerprint density at radius 1 is 1.20 bits per heavy atom. The maximum Gasteiger partial charge on any atom is 0.231 e. The van der Waals surface area contributed by atoms with Gasteiger partial charge in [0, 0.05) is 11.4 Å². The van der Waals surface area contributed by atoms with Crippen LogP contribution in [0.4, 0.5) is 0 Å². The number of aromatic nitrogens is 2. The minimum Gasteiger partial charge on any atom is -0.454 e. The lowest BCUT2D eigenvalue weighted by Crippen LogP contribution is -2.28. The molecule has 132 valence electrons. The first kappa shape index (κ1) is 17.5. The van der Waals surface area contributed by atoms with E-state index in [1.807, 2.05) is 45.9 Å². The number of nitrogens with zero attached hydrogens (tertiary/aromatic N) is 2. The van der Waals surface area contributed by atoms with Crippen molar-refractivity contribution in [1.29, 1.82) is 0 Å². The Kier molecular flexibility index (Phi) is 5.13. The average Bonchev–Trinajstić information content (AvgIpc) is 3.05. The first-order valence-corrected chi connectivity index (χ1v) is 9.06. The number of amides is 1. The molecule has 0 radical (unpaired) electrons. The normalized spacial score (nSPS) is 13.6. The van der Waals surface area contributed by atoms with Gasteiger partial charge >= 0.3 is 0 Å². The van der Waals surface area contributed by atoms with Gasteiger partial charge in [-0.1, -0.05) is 17.8 Å². The summed E-state index contributed by atoms with van der Waals surface area (Å²) in [6.45, 7) is 8.09. The van der Waals surface area contributed by atoms with Crippen molar-refractivity contribution in [3.8, 4) is 11.5 Å². The van der Waals surface area contributed by atoms with Crippen molar-refractivity contribution < 1.29 is 14.3 Å². The van der Waals surface area contributed by atoms with Crippen molar-refractivity contribution in [3.63, 3.8) is 0 Å². The fourth-order valence-corrected chi connectivity index (χ4v) is 3.23. The zero-order valence-electron chi connectivity index (χ0n) is 14.8. The highest BCUT2D eigenvalue weighted by molar-refractivity contribution is 7.99. The molecule has 6 nitrogen and oxygen atoms in total. The van der Waals surface area contributed by atoms with E-state index in [0.717, 1.165) is 28.3 Å². The Labute approximate surface area is 151 Å². The molecular formula is C18H21N3O3S. The summed E-state index contributed by atoms with van der Waals surface area (Å²) in [4.78, 5) is 21.1. The molecule has 1 atom stereocenters. The van der Waals surface area contributed by atoms with Gasteiger partial charge in [0.15, 0.2) is 16.7 Å². The number of hydrogen-bond acceptors (Lipinski definition) is 6. The molecule has 0 fully saturated rings. The number of carbonyl (C=O) groups is 1. The molecule has 0 spiro atoms. The van der Waals surface area contributed by atoms with Crippen LogP contribution >= 0.6 is 11.8 Å². The van der Waals surface area contributed by atoms with E-state index in [0.29, 0.717) is 10.9 Å². The zero-order chi connectivity index (χ0) is 18.0. The Balaban J connectivity index is 1.57. The third-order valence-electron chi connectivity index (χ3n) is 4.22. The van der Waals surface area contributed by atoms with E-state index in [4.69, 9.17) is 9.47 Å². The summed E-state index contributed by atoms with van der Waals surface area (Å²) in [5.74, 6) is 1.67. The molecule has 1 aliphatic rings. The Hall–Kier alpha value is -2.28. The Morgan fingerprint density at radius 3 is 2.60 bits per heavy atom. The molecule has 1 aromatic heterocycles. The number of fused-ring (bicyclic) bond motifs is 1. The van der Waals surface area contributed by atoms with E-state index >= 15 is 0 Å². The Bertz CT molecular complexity index is 787. The topological polar surface area (TPSA) is 73.3 Å². The summed E-state index contributed by atoms with van der Waals surface area (Å²) in [6, 6.07) is 5.57. The highest BCUT2D eigenvalue weighted by Gasteiger charge is 2.17. The van der Waals surface area contributed by atoms with E-state index in [9.17, 15) is 4.79 Å². The highest BCUT2D eigenvalue weighted by atomic mass is 32.2. The number of carbonyl (C=O) groups excluding carboxylic acids is 1. The van der Waals surface area contributed by atoms with Crippen LogP contribution in [0.5, 0.6) is 11.5 Å². The predicted octanol–water partition coefficient (Wildman–Crippen LogP) is 3.10. The summed E-state index contributed by atoms with van der Waals surface area (Å²) in [7, 11) is 0. The summed E-state index contributed by atoms with van der Waals surface area (Å²) in [5.41, 5.74) is 3.96. The summed E-state index contributed by atoms with van der Waals surface area (Å²) in [6.07, 6.45) is 0. The molecule has 0 saturated carbocycles. The smallest absolute Gasteiger partial charge is 0.231 e. The molecule has 1 unspecified atom stereocenters. The molecule has 25 heavy (non-hydrogen) atoms. The van der Waals surface area contributed by atoms with E-state index in [1.54, 1.807) is 0 Å². The van der Waals surface area contributed by atoms with Crippen LogP contribution in [0, 0.1) is 20.8 Å². The van der Waals surface area contributed by atoms with E-state index in [2.05, 4.69) is 15.3 Å². The summed E-state index contributed by atoms with van der Waals surface area (Å²) >= 11 is 1.34. The third-order valence-corrected chi connectivity index (χ3v) is 5.07. The molecule has 1 amide bonds. The highest BCUT2D eigenvalue weighted by Crippen LogP contribution is 2.34. The number of ether oxygens (including phenoxy) is 2. The molecule has 1 aliphatic heterocycles. The second-order valence-electron chi connectivity index (χ2n) is 5.99. The fourth-order valence-electron chi connectivity index (χ4n) is 2.49.